The summed E-state index contributed by atoms with van der Waals surface area (Å²) in [6.45, 7) is 0.822. The van der Waals surface area contributed by atoms with Gasteiger partial charge in [-0.3, -0.25) is 9.48 Å². The number of carbonyl (C=O) groups is 1. The molecule has 0 radical (unpaired) electrons. The molecule has 22 heavy (non-hydrogen) atoms. The van der Waals surface area contributed by atoms with Crippen molar-refractivity contribution in [2.75, 3.05) is 13.7 Å². The van der Waals surface area contributed by atoms with Crippen LogP contribution in [0.25, 0.3) is 0 Å². The monoisotopic (exact) mass is 299 g/mol. The topological polar surface area (TPSA) is 47.4 Å². The number of aromatic nitrogens is 2. The van der Waals surface area contributed by atoms with Gasteiger partial charge >= 0.3 is 0 Å². The lowest BCUT2D eigenvalue weighted by Crippen LogP contribution is -2.31. The zero-order valence-corrected chi connectivity index (χ0v) is 13.0. The smallest absolute Gasteiger partial charge is 0.227 e. The molecule has 1 saturated heterocycles. The normalized spacial score (nSPS) is 17.7. The van der Waals surface area contributed by atoms with Crippen molar-refractivity contribution in [3.8, 4) is 5.75 Å². The largest absolute Gasteiger partial charge is 0.497 e. The van der Waals surface area contributed by atoms with Crippen LogP contribution < -0.4 is 4.74 Å². The van der Waals surface area contributed by atoms with Crippen LogP contribution in [0.15, 0.2) is 36.7 Å². The van der Waals surface area contributed by atoms with Gasteiger partial charge in [0.25, 0.3) is 0 Å². The molecule has 116 valence electrons. The third-order valence-electron chi connectivity index (χ3n) is 4.17. The predicted molar refractivity (Wildman–Crippen MR) is 83.6 cm³/mol. The molecule has 3 rings (SSSR count). The molecule has 0 N–H and O–H groups in total. The first kappa shape index (κ1) is 14.6. The fraction of sp³-hybridized carbons (Fsp3) is 0.412. The van der Waals surface area contributed by atoms with Crippen LogP contribution in [0.2, 0.25) is 0 Å². The van der Waals surface area contributed by atoms with E-state index in [1.807, 2.05) is 48.6 Å². The second-order valence-corrected chi connectivity index (χ2v) is 5.72. The van der Waals surface area contributed by atoms with Crippen LogP contribution in [-0.2, 0) is 18.3 Å². The summed E-state index contributed by atoms with van der Waals surface area (Å²) in [5, 5.41) is 4.22. The Kier molecular flexibility index (Phi) is 4.13. The summed E-state index contributed by atoms with van der Waals surface area (Å²) >= 11 is 0. The quantitative estimate of drug-likeness (QED) is 0.870. The number of hydrogen-bond donors (Lipinski definition) is 0. The summed E-state index contributed by atoms with van der Waals surface area (Å²) in [6.07, 6.45) is 6.33. The highest BCUT2D eigenvalue weighted by molar-refractivity contribution is 5.79. The summed E-state index contributed by atoms with van der Waals surface area (Å²) in [6, 6.07) is 7.86. The molecule has 2 aromatic rings. The second-order valence-electron chi connectivity index (χ2n) is 5.72. The molecular formula is C17H21N3O2. The summed E-state index contributed by atoms with van der Waals surface area (Å²) < 4.78 is 7.01. The fourth-order valence-corrected chi connectivity index (χ4v) is 3.08. The van der Waals surface area contributed by atoms with E-state index in [2.05, 4.69) is 5.10 Å². The third-order valence-corrected chi connectivity index (χ3v) is 4.17. The van der Waals surface area contributed by atoms with Crippen molar-refractivity contribution in [3.05, 3.63) is 47.8 Å². The van der Waals surface area contributed by atoms with E-state index in [9.17, 15) is 4.79 Å². The third kappa shape index (κ3) is 2.98. The van der Waals surface area contributed by atoms with Gasteiger partial charge in [0.15, 0.2) is 0 Å². The average molecular weight is 299 g/mol. The van der Waals surface area contributed by atoms with E-state index in [0.29, 0.717) is 6.42 Å². The van der Waals surface area contributed by atoms with E-state index in [1.165, 1.54) is 0 Å². The van der Waals surface area contributed by atoms with Crippen molar-refractivity contribution in [2.45, 2.75) is 25.3 Å². The number of rotatable bonds is 4. The second kappa shape index (κ2) is 6.22. The molecular weight excluding hydrogens is 278 g/mol. The van der Waals surface area contributed by atoms with Crippen LogP contribution in [0.3, 0.4) is 0 Å². The number of methoxy groups -OCH3 is 1. The van der Waals surface area contributed by atoms with Crippen molar-refractivity contribution < 1.29 is 9.53 Å². The van der Waals surface area contributed by atoms with Crippen LogP contribution in [-0.4, -0.2) is 34.2 Å². The predicted octanol–water partition coefficient (Wildman–Crippen LogP) is 2.33. The lowest BCUT2D eigenvalue weighted by molar-refractivity contribution is -0.131. The Morgan fingerprint density at radius 2 is 2.32 bits per heavy atom. The van der Waals surface area contributed by atoms with Gasteiger partial charge in [0.05, 0.1) is 25.8 Å². The summed E-state index contributed by atoms with van der Waals surface area (Å²) in [5.41, 5.74) is 2.11. The highest BCUT2D eigenvalue weighted by atomic mass is 16.5. The van der Waals surface area contributed by atoms with Gasteiger partial charge in [0, 0.05) is 25.4 Å². The van der Waals surface area contributed by atoms with Gasteiger partial charge < -0.3 is 9.64 Å². The molecule has 1 aliphatic heterocycles. The molecule has 0 saturated carbocycles. The van der Waals surface area contributed by atoms with Gasteiger partial charge in [-0.1, -0.05) is 12.1 Å². The average Bonchev–Trinajstić information content (AvgIpc) is 3.15. The van der Waals surface area contributed by atoms with Crippen LogP contribution in [0.4, 0.5) is 0 Å². The fourth-order valence-electron chi connectivity index (χ4n) is 3.08. The molecule has 1 fully saturated rings. The molecule has 5 heteroatoms. The number of likely N-dealkylation sites (tertiary alicyclic amines) is 1. The number of benzene rings is 1. The molecule has 1 aliphatic rings. The van der Waals surface area contributed by atoms with E-state index >= 15 is 0 Å². The zero-order chi connectivity index (χ0) is 15.5. The van der Waals surface area contributed by atoms with E-state index in [0.717, 1.165) is 36.3 Å². The van der Waals surface area contributed by atoms with Crippen molar-refractivity contribution in [3.63, 3.8) is 0 Å². The van der Waals surface area contributed by atoms with Crippen LogP contribution >= 0.6 is 0 Å². The molecule has 0 unspecified atom stereocenters. The van der Waals surface area contributed by atoms with Gasteiger partial charge in [-0.15, -0.1) is 0 Å². The number of carbonyl (C=O) groups excluding carboxylic acids is 1. The maximum Gasteiger partial charge on any atom is 0.227 e. The summed E-state index contributed by atoms with van der Waals surface area (Å²) in [7, 11) is 3.54. The SMILES string of the molecule is COc1cccc(CC(=O)N2CCC[C@@H]2c2cnn(C)c2)c1. The Balaban J connectivity index is 1.73. The Hall–Kier alpha value is -2.30. The van der Waals surface area contributed by atoms with E-state index in [4.69, 9.17) is 4.74 Å². The molecule has 5 nitrogen and oxygen atoms in total. The Morgan fingerprint density at radius 3 is 3.05 bits per heavy atom. The number of nitrogens with zero attached hydrogens (tertiary/aromatic N) is 3. The summed E-state index contributed by atoms with van der Waals surface area (Å²) in [5.74, 6) is 0.954. The first-order valence-electron chi connectivity index (χ1n) is 7.58. The molecule has 1 aromatic carbocycles. The lowest BCUT2D eigenvalue weighted by atomic mass is 10.1. The lowest BCUT2D eigenvalue weighted by Gasteiger charge is -2.24. The van der Waals surface area contributed by atoms with E-state index < -0.39 is 0 Å². The zero-order valence-electron chi connectivity index (χ0n) is 13.0. The van der Waals surface area contributed by atoms with Gasteiger partial charge in [-0.25, -0.2) is 0 Å². The van der Waals surface area contributed by atoms with Crippen molar-refractivity contribution in [2.24, 2.45) is 7.05 Å². The molecule has 1 atom stereocenters. The van der Waals surface area contributed by atoms with E-state index in [-0.39, 0.29) is 11.9 Å². The number of hydrogen-bond acceptors (Lipinski definition) is 3. The Labute approximate surface area is 130 Å². The van der Waals surface area contributed by atoms with Crippen LogP contribution in [0.1, 0.15) is 30.0 Å². The maximum atomic E-state index is 12.7. The minimum absolute atomic E-state index is 0.159. The minimum atomic E-state index is 0.159. The van der Waals surface area contributed by atoms with Crippen LogP contribution in [0.5, 0.6) is 5.75 Å². The van der Waals surface area contributed by atoms with Gasteiger partial charge in [-0.05, 0) is 30.5 Å². The summed E-state index contributed by atoms with van der Waals surface area (Å²) in [4.78, 5) is 14.6. The molecule has 1 aromatic heterocycles. The van der Waals surface area contributed by atoms with Crippen molar-refractivity contribution >= 4 is 5.91 Å². The first-order valence-corrected chi connectivity index (χ1v) is 7.58. The number of amides is 1. The van der Waals surface area contributed by atoms with Gasteiger partial charge in [0.2, 0.25) is 5.91 Å². The van der Waals surface area contributed by atoms with Gasteiger partial charge in [0.1, 0.15) is 5.75 Å². The minimum Gasteiger partial charge on any atom is -0.497 e. The molecule has 0 aliphatic carbocycles. The number of ether oxygens (including phenoxy) is 1. The maximum absolute atomic E-state index is 12.7. The standard InChI is InChI=1S/C17H21N3O2/c1-19-12-14(11-18-19)16-7-4-8-20(16)17(21)10-13-5-3-6-15(9-13)22-2/h3,5-6,9,11-12,16H,4,7-8,10H2,1-2H3/t16-/m1/s1. The highest BCUT2D eigenvalue weighted by Gasteiger charge is 2.30. The molecule has 0 bridgehead atoms. The first-order chi connectivity index (χ1) is 10.7. The van der Waals surface area contributed by atoms with Crippen LogP contribution in [0, 0.1) is 0 Å². The van der Waals surface area contributed by atoms with Crippen molar-refractivity contribution in [1.82, 2.24) is 14.7 Å². The van der Waals surface area contributed by atoms with Gasteiger partial charge in [-0.2, -0.15) is 5.10 Å². The highest BCUT2D eigenvalue weighted by Crippen LogP contribution is 2.32. The number of aryl methyl sites for hydroxylation is 1. The van der Waals surface area contributed by atoms with E-state index in [1.54, 1.807) is 11.8 Å². The van der Waals surface area contributed by atoms with Crippen molar-refractivity contribution in [1.29, 1.82) is 0 Å². The molecule has 0 spiro atoms. The molecule has 1 amide bonds. The Bertz CT molecular complexity index is 665. The molecule has 2 heterocycles. The Morgan fingerprint density at radius 1 is 1.45 bits per heavy atom.